The molecule has 7 heteroatoms. The molecule has 3 heterocycles. The zero-order chi connectivity index (χ0) is 20.7. The second kappa shape index (κ2) is 7.23. The van der Waals surface area contributed by atoms with Crippen molar-refractivity contribution in [2.45, 2.75) is 18.9 Å². The van der Waals surface area contributed by atoms with Crippen molar-refractivity contribution in [1.29, 1.82) is 5.26 Å². The number of rotatable bonds is 3. The van der Waals surface area contributed by atoms with Crippen molar-refractivity contribution < 1.29 is 8.78 Å². The Morgan fingerprint density at radius 1 is 1.07 bits per heavy atom. The van der Waals surface area contributed by atoms with Crippen LogP contribution in [0.1, 0.15) is 30.0 Å². The predicted molar refractivity (Wildman–Crippen MR) is 109 cm³/mol. The number of anilines is 1. The minimum Gasteiger partial charge on any atom is -0.349 e. The second-order valence-electron chi connectivity index (χ2n) is 7.31. The van der Waals surface area contributed by atoms with E-state index >= 15 is 0 Å². The summed E-state index contributed by atoms with van der Waals surface area (Å²) in [5.41, 5.74) is 3.05. The maximum atomic E-state index is 14.4. The molecule has 1 fully saturated rings. The van der Waals surface area contributed by atoms with Crippen LogP contribution >= 0.6 is 0 Å². The van der Waals surface area contributed by atoms with Crippen LogP contribution in [0.5, 0.6) is 0 Å². The van der Waals surface area contributed by atoms with Crippen LogP contribution in [0.3, 0.4) is 0 Å². The van der Waals surface area contributed by atoms with Gasteiger partial charge in [-0.15, -0.1) is 0 Å². The Bertz CT molecular complexity index is 1290. The summed E-state index contributed by atoms with van der Waals surface area (Å²) in [6.07, 6.45) is 3.26. The molecule has 0 unspecified atom stereocenters. The molecule has 1 saturated heterocycles. The maximum absolute atomic E-state index is 14.4. The lowest BCUT2D eigenvalue weighted by molar-refractivity contribution is 0.560. The number of aromatic nitrogens is 3. The molecule has 30 heavy (non-hydrogen) atoms. The third-order valence-electron chi connectivity index (χ3n) is 5.50. The van der Waals surface area contributed by atoms with Crippen LogP contribution in [0.2, 0.25) is 0 Å². The maximum Gasteiger partial charge on any atom is 0.166 e. The van der Waals surface area contributed by atoms with Gasteiger partial charge in [0.2, 0.25) is 0 Å². The third kappa shape index (κ3) is 3.07. The van der Waals surface area contributed by atoms with Crippen LogP contribution in [0, 0.1) is 23.0 Å². The number of fused-ring (bicyclic) bond motifs is 1. The molecular weight excluding hydrogens is 384 g/mol. The highest BCUT2D eigenvalue weighted by Gasteiger charge is 2.30. The number of halogens is 2. The topological polar surface area (TPSA) is 57.7 Å². The van der Waals surface area contributed by atoms with Crippen molar-refractivity contribution in [2.24, 2.45) is 0 Å². The van der Waals surface area contributed by atoms with Crippen molar-refractivity contribution in [2.75, 3.05) is 11.4 Å². The standard InChI is InChI=1S/C23H17F2N5/c24-16-6-7-19(25)18(12-16)21-5-2-10-29(21)22-9-8-20-23(28-22)30(14-27-20)17-4-1-3-15(11-17)13-26/h1,3-4,6-9,11-12,14,21H,2,5,10H2/t21-/m0/s1. The first kappa shape index (κ1) is 18.3. The number of hydrogen-bond acceptors (Lipinski definition) is 4. The molecule has 0 aliphatic carbocycles. The highest BCUT2D eigenvalue weighted by Crippen LogP contribution is 2.37. The zero-order valence-electron chi connectivity index (χ0n) is 16.0. The summed E-state index contributed by atoms with van der Waals surface area (Å²) in [5, 5.41) is 9.19. The van der Waals surface area contributed by atoms with Gasteiger partial charge in [0.1, 0.15) is 29.3 Å². The fraction of sp³-hybridized carbons (Fsp3) is 0.174. The quantitative estimate of drug-likeness (QED) is 0.489. The van der Waals surface area contributed by atoms with Crippen molar-refractivity contribution in [1.82, 2.24) is 14.5 Å². The van der Waals surface area contributed by atoms with Crippen molar-refractivity contribution in [3.63, 3.8) is 0 Å². The highest BCUT2D eigenvalue weighted by molar-refractivity contribution is 5.75. The van der Waals surface area contributed by atoms with E-state index in [-0.39, 0.29) is 6.04 Å². The van der Waals surface area contributed by atoms with Crippen molar-refractivity contribution in [3.8, 4) is 11.8 Å². The fourth-order valence-corrected chi connectivity index (χ4v) is 4.09. The molecule has 0 N–H and O–H groups in total. The van der Waals surface area contributed by atoms with E-state index < -0.39 is 11.6 Å². The van der Waals surface area contributed by atoms with Gasteiger partial charge < -0.3 is 4.90 Å². The van der Waals surface area contributed by atoms with Gasteiger partial charge in [-0.3, -0.25) is 4.57 Å². The number of nitrogens with zero attached hydrogens (tertiary/aromatic N) is 5. The van der Waals surface area contributed by atoms with E-state index in [0.29, 0.717) is 34.7 Å². The molecule has 1 aliphatic heterocycles. The molecule has 5 rings (SSSR count). The molecule has 2 aromatic carbocycles. The molecule has 0 amide bonds. The highest BCUT2D eigenvalue weighted by atomic mass is 19.1. The van der Waals surface area contributed by atoms with Gasteiger partial charge in [0.15, 0.2) is 5.65 Å². The molecule has 148 valence electrons. The van der Waals surface area contributed by atoms with Gasteiger partial charge in [-0.05, 0) is 61.4 Å². The SMILES string of the molecule is N#Cc1cccc(-n2cnc3ccc(N4CCC[C@H]4c4cc(F)ccc4F)nc32)c1. The van der Waals surface area contributed by atoms with Gasteiger partial charge in [-0.25, -0.2) is 18.7 Å². The Hall–Kier alpha value is -3.79. The molecule has 0 radical (unpaired) electrons. The van der Waals surface area contributed by atoms with Gasteiger partial charge in [-0.1, -0.05) is 6.07 Å². The predicted octanol–water partition coefficient (Wildman–Crippen LogP) is 4.91. The molecule has 0 saturated carbocycles. The average Bonchev–Trinajstić information content (AvgIpc) is 3.42. The first-order valence-corrected chi connectivity index (χ1v) is 9.70. The lowest BCUT2D eigenvalue weighted by atomic mass is 10.0. The summed E-state index contributed by atoms with van der Waals surface area (Å²) >= 11 is 0. The lowest BCUT2D eigenvalue weighted by Gasteiger charge is -2.26. The van der Waals surface area contributed by atoms with Crippen LogP contribution in [0.4, 0.5) is 14.6 Å². The smallest absolute Gasteiger partial charge is 0.166 e. The van der Waals surface area contributed by atoms with Crippen LogP contribution in [-0.2, 0) is 0 Å². The van der Waals surface area contributed by atoms with Gasteiger partial charge in [-0.2, -0.15) is 5.26 Å². The number of hydrogen-bond donors (Lipinski definition) is 0. The Balaban J connectivity index is 1.58. The molecular formula is C23H17F2N5. The van der Waals surface area contributed by atoms with E-state index in [4.69, 9.17) is 4.98 Å². The molecule has 5 nitrogen and oxygen atoms in total. The van der Waals surface area contributed by atoms with Gasteiger partial charge >= 0.3 is 0 Å². The summed E-state index contributed by atoms with van der Waals surface area (Å²) in [6.45, 7) is 0.706. The van der Waals surface area contributed by atoms with Gasteiger partial charge in [0.05, 0.1) is 17.7 Å². The van der Waals surface area contributed by atoms with Gasteiger partial charge in [0, 0.05) is 17.8 Å². The van der Waals surface area contributed by atoms with E-state index in [1.165, 1.54) is 12.1 Å². The summed E-state index contributed by atoms with van der Waals surface area (Å²) < 4.78 is 30.0. The molecule has 1 atom stereocenters. The first-order valence-electron chi connectivity index (χ1n) is 9.70. The molecule has 0 bridgehead atoms. The molecule has 0 spiro atoms. The van der Waals surface area contributed by atoms with Crippen LogP contribution < -0.4 is 4.90 Å². The molecule has 1 aliphatic rings. The van der Waals surface area contributed by atoms with E-state index in [1.54, 1.807) is 18.5 Å². The van der Waals surface area contributed by atoms with E-state index in [1.807, 2.05) is 33.7 Å². The number of imidazole rings is 1. The summed E-state index contributed by atoms with van der Waals surface area (Å²) in [4.78, 5) is 11.2. The number of benzene rings is 2. The number of nitriles is 1. The summed E-state index contributed by atoms with van der Waals surface area (Å²) in [5.74, 6) is -0.170. The van der Waals surface area contributed by atoms with Crippen molar-refractivity contribution in [3.05, 3.63) is 83.7 Å². The van der Waals surface area contributed by atoms with Crippen molar-refractivity contribution >= 4 is 17.0 Å². The van der Waals surface area contributed by atoms with Crippen LogP contribution in [0.25, 0.3) is 16.9 Å². The number of pyridine rings is 1. The zero-order valence-corrected chi connectivity index (χ0v) is 16.0. The molecule has 2 aromatic heterocycles. The minimum absolute atomic E-state index is 0.274. The summed E-state index contributed by atoms with van der Waals surface area (Å²) in [7, 11) is 0. The van der Waals surface area contributed by atoms with E-state index in [9.17, 15) is 14.0 Å². The Labute approximate surface area is 171 Å². The largest absolute Gasteiger partial charge is 0.349 e. The van der Waals surface area contributed by atoms with E-state index in [0.717, 1.165) is 24.6 Å². The normalized spacial score (nSPS) is 16.2. The monoisotopic (exact) mass is 401 g/mol. The fourth-order valence-electron chi connectivity index (χ4n) is 4.09. The average molecular weight is 401 g/mol. The van der Waals surface area contributed by atoms with Crippen LogP contribution in [-0.4, -0.2) is 21.1 Å². The molecule has 4 aromatic rings. The Kier molecular flexibility index (Phi) is 4.40. The Morgan fingerprint density at radius 2 is 1.97 bits per heavy atom. The Morgan fingerprint density at radius 3 is 2.83 bits per heavy atom. The van der Waals surface area contributed by atoms with Crippen LogP contribution in [0.15, 0.2) is 60.9 Å². The van der Waals surface area contributed by atoms with E-state index in [2.05, 4.69) is 11.1 Å². The third-order valence-corrected chi connectivity index (χ3v) is 5.50. The minimum atomic E-state index is -0.447. The second-order valence-corrected chi connectivity index (χ2v) is 7.31. The van der Waals surface area contributed by atoms with Gasteiger partial charge in [0.25, 0.3) is 0 Å². The summed E-state index contributed by atoms with van der Waals surface area (Å²) in [6, 6.07) is 16.4. The first-order chi connectivity index (χ1) is 14.6. The lowest BCUT2D eigenvalue weighted by Crippen LogP contribution is -2.24.